The summed E-state index contributed by atoms with van der Waals surface area (Å²) in [5.41, 5.74) is 2.65. The van der Waals surface area contributed by atoms with Crippen LogP contribution < -0.4 is 5.32 Å². The third-order valence-electron chi connectivity index (χ3n) is 3.38. The lowest BCUT2D eigenvalue weighted by Gasteiger charge is -2.12. The zero-order valence-corrected chi connectivity index (χ0v) is 11.4. The van der Waals surface area contributed by atoms with Crippen molar-refractivity contribution in [2.75, 3.05) is 13.7 Å². The Morgan fingerprint density at radius 3 is 2.89 bits per heavy atom. The highest BCUT2D eigenvalue weighted by molar-refractivity contribution is 5.83. The molecule has 0 aliphatic carbocycles. The summed E-state index contributed by atoms with van der Waals surface area (Å²) in [6.07, 6.45) is 3.25. The summed E-state index contributed by atoms with van der Waals surface area (Å²) in [5, 5.41) is 4.89. The van der Waals surface area contributed by atoms with E-state index >= 15 is 0 Å². The molecule has 0 fully saturated rings. The van der Waals surface area contributed by atoms with Crippen LogP contribution in [-0.2, 0) is 18.3 Å². The SMILES string of the molecule is COCCC(C)NCc1cn(C)c2ccccc12. The van der Waals surface area contributed by atoms with Crippen molar-refractivity contribution in [1.82, 2.24) is 9.88 Å². The van der Waals surface area contributed by atoms with Gasteiger partial charge in [-0.05, 0) is 25.0 Å². The van der Waals surface area contributed by atoms with Crippen LogP contribution in [0.3, 0.4) is 0 Å². The van der Waals surface area contributed by atoms with Gasteiger partial charge in [0.2, 0.25) is 0 Å². The lowest BCUT2D eigenvalue weighted by atomic mass is 10.1. The second-order valence-corrected chi connectivity index (χ2v) is 4.85. The van der Waals surface area contributed by atoms with Gasteiger partial charge < -0.3 is 14.6 Å². The van der Waals surface area contributed by atoms with Crippen LogP contribution in [0.15, 0.2) is 30.5 Å². The third-order valence-corrected chi connectivity index (χ3v) is 3.38. The number of aryl methyl sites for hydroxylation is 1. The molecule has 98 valence electrons. The number of ether oxygens (including phenoxy) is 1. The fourth-order valence-corrected chi connectivity index (χ4v) is 2.25. The highest BCUT2D eigenvalue weighted by Crippen LogP contribution is 2.20. The molecule has 18 heavy (non-hydrogen) atoms. The molecular formula is C15H22N2O. The highest BCUT2D eigenvalue weighted by atomic mass is 16.5. The topological polar surface area (TPSA) is 26.2 Å². The Morgan fingerprint density at radius 2 is 2.11 bits per heavy atom. The predicted molar refractivity (Wildman–Crippen MR) is 75.7 cm³/mol. The molecule has 0 radical (unpaired) electrons. The monoisotopic (exact) mass is 246 g/mol. The number of benzene rings is 1. The van der Waals surface area contributed by atoms with Crippen LogP contribution in [0, 0.1) is 0 Å². The number of methoxy groups -OCH3 is 1. The Balaban J connectivity index is 2.03. The van der Waals surface area contributed by atoms with Gasteiger partial charge in [0.05, 0.1) is 0 Å². The molecule has 0 aliphatic rings. The minimum Gasteiger partial charge on any atom is -0.385 e. The molecule has 1 aromatic heterocycles. The average Bonchev–Trinajstić information content (AvgIpc) is 2.71. The van der Waals surface area contributed by atoms with Gasteiger partial charge in [-0.1, -0.05) is 18.2 Å². The molecule has 0 saturated carbocycles. The summed E-state index contributed by atoms with van der Waals surface area (Å²) >= 11 is 0. The van der Waals surface area contributed by atoms with E-state index < -0.39 is 0 Å². The zero-order chi connectivity index (χ0) is 13.0. The maximum Gasteiger partial charge on any atom is 0.0481 e. The van der Waals surface area contributed by atoms with Crippen LogP contribution in [0.25, 0.3) is 10.9 Å². The largest absolute Gasteiger partial charge is 0.385 e. The second kappa shape index (κ2) is 6.03. The van der Waals surface area contributed by atoms with Crippen molar-refractivity contribution in [1.29, 1.82) is 0 Å². The fourth-order valence-electron chi connectivity index (χ4n) is 2.25. The Hall–Kier alpha value is -1.32. The van der Waals surface area contributed by atoms with E-state index in [-0.39, 0.29) is 0 Å². The molecule has 2 rings (SSSR count). The highest BCUT2D eigenvalue weighted by Gasteiger charge is 2.07. The van der Waals surface area contributed by atoms with Gasteiger partial charge in [0.1, 0.15) is 0 Å². The molecule has 3 heteroatoms. The summed E-state index contributed by atoms with van der Waals surface area (Å²) in [7, 11) is 3.84. The number of para-hydroxylation sites is 1. The van der Waals surface area contributed by atoms with Gasteiger partial charge >= 0.3 is 0 Å². The minimum absolute atomic E-state index is 0.476. The number of aromatic nitrogens is 1. The van der Waals surface area contributed by atoms with Crippen LogP contribution >= 0.6 is 0 Å². The molecule has 1 heterocycles. The van der Waals surface area contributed by atoms with Gasteiger partial charge in [-0.15, -0.1) is 0 Å². The molecular weight excluding hydrogens is 224 g/mol. The van der Waals surface area contributed by atoms with Crippen LogP contribution in [0.5, 0.6) is 0 Å². The smallest absolute Gasteiger partial charge is 0.0481 e. The first-order valence-corrected chi connectivity index (χ1v) is 6.47. The van der Waals surface area contributed by atoms with Crippen molar-refractivity contribution in [3.8, 4) is 0 Å². The van der Waals surface area contributed by atoms with Crippen LogP contribution in [0.2, 0.25) is 0 Å². The number of nitrogens with zero attached hydrogens (tertiary/aromatic N) is 1. The van der Waals surface area contributed by atoms with Crippen molar-refractivity contribution in [3.63, 3.8) is 0 Å². The van der Waals surface area contributed by atoms with Crippen molar-refractivity contribution >= 4 is 10.9 Å². The summed E-state index contributed by atoms with van der Waals surface area (Å²) < 4.78 is 7.28. The van der Waals surface area contributed by atoms with E-state index in [0.29, 0.717) is 6.04 Å². The number of hydrogen-bond acceptors (Lipinski definition) is 2. The molecule has 0 spiro atoms. The summed E-state index contributed by atoms with van der Waals surface area (Å²) in [4.78, 5) is 0. The predicted octanol–water partition coefficient (Wildman–Crippen LogP) is 2.69. The summed E-state index contributed by atoms with van der Waals surface area (Å²) in [5.74, 6) is 0. The molecule has 0 amide bonds. The Labute approximate surface area is 109 Å². The van der Waals surface area contributed by atoms with Crippen LogP contribution in [-0.4, -0.2) is 24.3 Å². The van der Waals surface area contributed by atoms with E-state index in [1.165, 1.54) is 16.5 Å². The molecule has 1 unspecified atom stereocenters. The number of hydrogen-bond donors (Lipinski definition) is 1. The van der Waals surface area contributed by atoms with E-state index in [0.717, 1.165) is 19.6 Å². The Kier molecular flexibility index (Phi) is 4.39. The molecule has 0 saturated heterocycles. The zero-order valence-electron chi connectivity index (χ0n) is 11.4. The number of fused-ring (bicyclic) bond motifs is 1. The molecule has 1 N–H and O–H groups in total. The number of nitrogens with one attached hydrogen (secondary N) is 1. The van der Waals surface area contributed by atoms with Gasteiger partial charge in [-0.25, -0.2) is 0 Å². The molecule has 0 aliphatic heterocycles. The molecule has 0 bridgehead atoms. The van der Waals surface area contributed by atoms with Crippen LogP contribution in [0.1, 0.15) is 18.9 Å². The maximum absolute atomic E-state index is 5.09. The average molecular weight is 246 g/mol. The van der Waals surface area contributed by atoms with Gasteiger partial charge in [-0.2, -0.15) is 0 Å². The summed E-state index contributed by atoms with van der Waals surface area (Å²) in [6.45, 7) is 3.92. The Bertz CT molecular complexity index is 504. The van der Waals surface area contributed by atoms with E-state index in [4.69, 9.17) is 4.74 Å². The van der Waals surface area contributed by atoms with E-state index in [2.05, 4.69) is 54.3 Å². The number of rotatable bonds is 6. The van der Waals surface area contributed by atoms with Gasteiger partial charge in [0.15, 0.2) is 0 Å². The lowest BCUT2D eigenvalue weighted by molar-refractivity contribution is 0.184. The van der Waals surface area contributed by atoms with Crippen molar-refractivity contribution in [2.24, 2.45) is 7.05 Å². The molecule has 2 aromatic rings. The first-order chi connectivity index (χ1) is 8.72. The third kappa shape index (κ3) is 2.92. The standard InChI is InChI=1S/C15H22N2O/c1-12(8-9-18-3)16-10-13-11-17(2)15-7-5-4-6-14(13)15/h4-7,11-12,16H,8-10H2,1-3H3. The molecule has 1 aromatic carbocycles. The van der Waals surface area contributed by atoms with Crippen molar-refractivity contribution in [2.45, 2.75) is 25.9 Å². The first kappa shape index (κ1) is 13.1. The first-order valence-electron chi connectivity index (χ1n) is 6.47. The quantitative estimate of drug-likeness (QED) is 0.848. The normalized spacial score (nSPS) is 13.1. The van der Waals surface area contributed by atoms with E-state index in [1.807, 2.05) is 0 Å². The lowest BCUT2D eigenvalue weighted by Crippen LogP contribution is -2.26. The van der Waals surface area contributed by atoms with Gasteiger partial charge in [0, 0.05) is 50.5 Å². The Morgan fingerprint density at radius 1 is 1.33 bits per heavy atom. The van der Waals surface area contributed by atoms with Crippen molar-refractivity contribution in [3.05, 3.63) is 36.0 Å². The molecule has 1 atom stereocenters. The second-order valence-electron chi connectivity index (χ2n) is 4.85. The van der Waals surface area contributed by atoms with Gasteiger partial charge in [0.25, 0.3) is 0 Å². The van der Waals surface area contributed by atoms with Crippen molar-refractivity contribution < 1.29 is 4.74 Å². The maximum atomic E-state index is 5.09. The fraction of sp³-hybridized carbons (Fsp3) is 0.467. The minimum atomic E-state index is 0.476. The summed E-state index contributed by atoms with van der Waals surface area (Å²) in [6, 6.07) is 9.00. The van der Waals surface area contributed by atoms with E-state index in [9.17, 15) is 0 Å². The van der Waals surface area contributed by atoms with E-state index in [1.54, 1.807) is 7.11 Å². The molecule has 3 nitrogen and oxygen atoms in total. The van der Waals surface area contributed by atoms with Crippen LogP contribution in [0.4, 0.5) is 0 Å². The van der Waals surface area contributed by atoms with Gasteiger partial charge in [-0.3, -0.25) is 0 Å².